The molecule has 1 aliphatic heterocycles. The number of hydrogen-bond donors (Lipinski definition) is 2. The predicted molar refractivity (Wildman–Crippen MR) is 112 cm³/mol. The number of alkyl halides is 3. The highest BCUT2D eigenvalue weighted by atomic mass is 35.5. The molecule has 1 aromatic carbocycles. The summed E-state index contributed by atoms with van der Waals surface area (Å²) in [6, 6.07) is 7.14. The summed E-state index contributed by atoms with van der Waals surface area (Å²) in [6.45, 7) is 0.0748. The van der Waals surface area contributed by atoms with E-state index in [0.717, 1.165) is 23.1 Å². The fourth-order valence-corrected chi connectivity index (χ4v) is 5.31. The smallest absolute Gasteiger partial charge is 0.483 e. The molecule has 0 radical (unpaired) electrons. The van der Waals surface area contributed by atoms with Crippen LogP contribution in [-0.4, -0.2) is 50.8 Å². The first-order valence-electron chi connectivity index (χ1n) is 10.6. The van der Waals surface area contributed by atoms with Gasteiger partial charge in [0.05, 0.1) is 17.8 Å². The summed E-state index contributed by atoms with van der Waals surface area (Å²) in [7, 11) is 0. The molecule has 4 aliphatic rings. The van der Waals surface area contributed by atoms with Gasteiger partial charge in [-0.1, -0.05) is 11.6 Å². The molecule has 8 nitrogen and oxygen atoms in total. The number of halogens is 4. The Morgan fingerprint density at radius 1 is 1.29 bits per heavy atom. The molecule has 180 valence electrons. The maximum absolute atomic E-state index is 12.9. The van der Waals surface area contributed by atoms with E-state index in [0.29, 0.717) is 35.6 Å². The summed E-state index contributed by atoms with van der Waals surface area (Å²) in [5.41, 5.74) is -0.575. The van der Waals surface area contributed by atoms with Gasteiger partial charge in [0.15, 0.2) is 6.10 Å². The SMILES string of the molecule is O=C(NC12CC([N+](=O)C[C@H]3C[C@@H](O)c4cc(Cl)ccc4O3)(C1)C2)c1ccc(OC(F)(F)F)cn1. The van der Waals surface area contributed by atoms with E-state index in [1.165, 1.54) is 0 Å². The third kappa shape index (κ3) is 4.18. The van der Waals surface area contributed by atoms with Gasteiger partial charge in [0.1, 0.15) is 17.2 Å². The molecule has 2 N–H and O–H groups in total. The Kier molecular flexibility index (Phi) is 5.25. The highest BCUT2D eigenvalue weighted by Gasteiger charge is 2.78. The van der Waals surface area contributed by atoms with Gasteiger partial charge in [-0.05, 0) is 30.3 Å². The zero-order valence-corrected chi connectivity index (χ0v) is 18.4. The van der Waals surface area contributed by atoms with Crippen molar-refractivity contribution in [3.63, 3.8) is 0 Å². The number of hydrogen-bond acceptors (Lipinski definition) is 6. The zero-order chi connectivity index (χ0) is 24.3. The van der Waals surface area contributed by atoms with E-state index in [4.69, 9.17) is 16.3 Å². The number of aliphatic hydroxyl groups excluding tert-OH is 1. The molecule has 3 saturated carbocycles. The van der Waals surface area contributed by atoms with Crippen molar-refractivity contribution >= 4 is 17.5 Å². The third-order valence-electron chi connectivity index (χ3n) is 6.59. The molecule has 3 aliphatic carbocycles. The zero-order valence-electron chi connectivity index (χ0n) is 17.6. The highest BCUT2D eigenvalue weighted by Crippen LogP contribution is 2.62. The van der Waals surface area contributed by atoms with E-state index in [1.807, 2.05) is 0 Å². The van der Waals surface area contributed by atoms with E-state index >= 15 is 0 Å². The lowest BCUT2D eigenvalue weighted by Gasteiger charge is -2.63. The van der Waals surface area contributed by atoms with Crippen molar-refractivity contribution in [2.75, 3.05) is 6.54 Å². The second-order valence-corrected chi connectivity index (χ2v) is 9.59. The molecule has 2 heterocycles. The topological polar surface area (TPSA) is 101 Å². The molecule has 6 rings (SSSR count). The second kappa shape index (κ2) is 7.81. The molecule has 0 spiro atoms. The minimum absolute atomic E-state index is 0.0457. The maximum atomic E-state index is 12.9. The predicted octanol–water partition coefficient (Wildman–Crippen LogP) is 3.70. The molecule has 2 atom stereocenters. The summed E-state index contributed by atoms with van der Waals surface area (Å²) >= 11 is 5.97. The Morgan fingerprint density at radius 2 is 2.03 bits per heavy atom. The normalized spacial score (nSPS) is 29.1. The molecular formula is C22H20ClF3N3O5+. The van der Waals surface area contributed by atoms with E-state index in [-0.39, 0.29) is 18.7 Å². The average Bonchev–Trinajstić information content (AvgIpc) is 2.69. The number of rotatable bonds is 6. The van der Waals surface area contributed by atoms with Gasteiger partial charge in [0, 0.05) is 45.9 Å². The lowest BCUT2D eigenvalue weighted by molar-refractivity contribution is -0.681. The van der Waals surface area contributed by atoms with Crippen molar-refractivity contribution in [1.29, 1.82) is 0 Å². The van der Waals surface area contributed by atoms with Crippen LogP contribution in [0.4, 0.5) is 13.2 Å². The number of aliphatic hydroxyl groups is 1. The fraction of sp³-hybridized carbons (Fsp3) is 0.455. The van der Waals surface area contributed by atoms with Gasteiger partial charge in [0.2, 0.25) is 12.1 Å². The van der Waals surface area contributed by atoms with Crippen LogP contribution in [0.25, 0.3) is 0 Å². The van der Waals surface area contributed by atoms with E-state index in [9.17, 15) is 28.0 Å². The molecule has 0 saturated heterocycles. The number of benzene rings is 1. The molecular weight excluding hydrogens is 479 g/mol. The second-order valence-electron chi connectivity index (χ2n) is 9.15. The van der Waals surface area contributed by atoms with Crippen LogP contribution in [0.1, 0.15) is 47.8 Å². The molecule has 12 heteroatoms. The molecule has 2 bridgehead atoms. The highest BCUT2D eigenvalue weighted by molar-refractivity contribution is 6.30. The molecule has 34 heavy (non-hydrogen) atoms. The van der Waals surface area contributed by atoms with Crippen LogP contribution < -0.4 is 14.8 Å². The summed E-state index contributed by atoms with van der Waals surface area (Å²) < 4.78 is 47.3. The number of aromatic nitrogens is 1. The summed E-state index contributed by atoms with van der Waals surface area (Å²) in [5, 5.41) is 13.7. The average molecular weight is 499 g/mol. The lowest BCUT2D eigenvalue weighted by Crippen LogP contribution is -2.82. The Morgan fingerprint density at radius 3 is 2.68 bits per heavy atom. The number of ether oxygens (including phenoxy) is 2. The summed E-state index contributed by atoms with van der Waals surface area (Å²) in [6.07, 6.45) is -3.65. The number of nitrogens with one attached hydrogen (secondary N) is 1. The first kappa shape index (κ1) is 22.9. The Balaban J connectivity index is 1.14. The van der Waals surface area contributed by atoms with Crippen LogP contribution in [0, 0.1) is 4.91 Å². The quantitative estimate of drug-likeness (QED) is 0.589. The number of carbonyl (C=O) groups excluding carboxylic acids is 1. The summed E-state index contributed by atoms with van der Waals surface area (Å²) in [4.78, 5) is 29.1. The van der Waals surface area contributed by atoms with Gasteiger partial charge in [-0.25, -0.2) is 4.98 Å². The monoisotopic (exact) mass is 498 g/mol. The Hall–Kier alpha value is -2.92. The van der Waals surface area contributed by atoms with E-state index in [2.05, 4.69) is 15.0 Å². The van der Waals surface area contributed by atoms with Crippen molar-refractivity contribution in [3.05, 3.63) is 57.7 Å². The van der Waals surface area contributed by atoms with Crippen molar-refractivity contribution in [2.45, 2.75) is 55.3 Å². The Bertz CT molecular complexity index is 1140. The van der Waals surface area contributed by atoms with Crippen LogP contribution in [-0.2, 0) is 0 Å². The fourth-order valence-electron chi connectivity index (χ4n) is 5.13. The number of pyridine rings is 1. The number of nitrogens with zero attached hydrogens (tertiary/aromatic N) is 2. The first-order valence-corrected chi connectivity index (χ1v) is 11.0. The minimum atomic E-state index is -4.84. The largest absolute Gasteiger partial charge is 0.573 e. The van der Waals surface area contributed by atoms with Crippen molar-refractivity contribution in [2.24, 2.45) is 0 Å². The van der Waals surface area contributed by atoms with Gasteiger partial charge in [-0.15, -0.1) is 13.2 Å². The van der Waals surface area contributed by atoms with Crippen LogP contribution >= 0.6 is 11.6 Å². The van der Waals surface area contributed by atoms with Crippen LogP contribution in [0.15, 0.2) is 36.5 Å². The van der Waals surface area contributed by atoms with Gasteiger partial charge < -0.3 is 19.9 Å². The first-order chi connectivity index (χ1) is 16.0. The van der Waals surface area contributed by atoms with Crippen molar-refractivity contribution < 1.29 is 37.3 Å². The molecule has 2 aromatic rings. The number of fused-ring (bicyclic) bond motifs is 1. The van der Waals surface area contributed by atoms with Gasteiger partial charge >= 0.3 is 6.36 Å². The van der Waals surface area contributed by atoms with Crippen LogP contribution in [0.3, 0.4) is 0 Å². The maximum Gasteiger partial charge on any atom is 0.573 e. The van der Waals surface area contributed by atoms with Gasteiger partial charge in [-0.3, -0.25) is 4.79 Å². The van der Waals surface area contributed by atoms with E-state index in [1.54, 1.807) is 18.2 Å². The van der Waals surface area contributed by atoms with Crippen LogP contribution in [0.5, 0.6) is 11.5 Å². The number of amides is 1. The molecule has 1 aromatic heterocycles. The molecule has 3 fully saturated rings. The minimum Gasteiger partial charge on any atom is -0.483 e. The summed E-state index contributed by atoms with van der Waals surface area (Å²) in [5.74, 6) is -0.545. The third-order valence-corrected chi connectivity index (χ3v) is 6.83. The van der Waals surface area contributed by atoms with Crippen molar-refractivity contribution in [3.8, 4) is 11.5 Å². The number of carbonyl (C=O) groups is 1. The standard InChI is InChI=1S/C22H19ClF3N3O5/c23-12-1-4-18-15(5-12)17(30)6-14(33-18)8-29(32)21-9-20(10-21,11-21)28-19(31)16-3-2-13(7-27-16)34-22(24,25)26/h1-5,7,14,17,30H,6,8-11H2/p+1/t14-,17-,20?,21?/m1/s1. The lowest BCUT2D eigenvalue weighted by atomic mass is 9.44. The molecule has 0 unspecified atom stereocenters. The molecule has 1 amide bonds. The van der Waals surface area contributed by atoms with Crippen LogP contribution in [0.2, 0.25) is 5.02 Å². The van der Waals surface area contributed by atoms with Crippen molar-refractivity contribution in [1.82, 2.24) is 10.3 Å². The van der Waals surface area contributed by atoms with Gasteiger partial charge in [-0.2, -0.15) is 0 Å². The Labute approximate surface area is 196 Å². The van der Waals surface area contributed by atoms with E-state index < -0.39 is 41.3 Å². The number of nitroso groups, excluding NO2 is 1. The van der Waals surface area contributed by atoms with Gasteiger partial charge in [0.25, 0.3) is 5.91 Å².